The minimum Gasteiger partial charge on any atom is -0.481 e. The summed E-state index contributed by atoms with van der Waals surface area (Å²) in [4.78, 5) is 13.3. The van der Waals surface area contributed by atoms with Gasteiger partial charge >= 0.3 is 5.97 Å². The number of nitrogens with zero attached hydrogens (tertiary/aromatic N) is 1. The van der Waals surface area contributed by atoms with Gasteiger partial charge in [-0.3, -0.25) is 4.79 Å². The van der Waals surface area contributed by atoms with Gasteiger partial charge in [0, 0.05) is 13.0 Å². The molecule has 1 fully saturated rings. The summed E-state index contributed by atoms with van der Waals surface area (Å²) in [6.45, 7) is 9.96. The highest BCUT2D eigenvalue weighted by Crippen LogP contribution is 2.37. The van der Waals surface area contributed by atoms with E-state index < -0.39 is 5.97 Å². The molecule has 1 heterocycles. The van der Waals surface area contributed by atoms with Crippen LogP contribution in [0.15, 0.2) is 0 Å². The zero-order valence-electron chi connectivity index (χ0n) is 11.5. The van der Waals surface area contributed by atoms with Crippen LogP contribution in [0.2, 0.25) is 0 Å². The first-order valence-corrected chi connectivity index (χ1v) is 6.90. The summed E-state index contributed by atoms with van der Waals surface area (Å²) in [7, 11) is 0. The second kappa shape index (κ2) is 6.39. The number of hydrogen-bond donors (Lipinski definition) is 1. The Bertz CT molecular complexity index is 251. The normalized spacial score (nSPS) is 24.8. The smallest absolute Gasteiger partial charge is 0.303 e. The Morgan fingerprint density at radius 1 is 1.41 bits per heavy atom. The molecule has 1 aliphatic rings. The number of hydrogen-bond acceptors (Lipinski definition) is 2. The van der Waals surface area contributed by atoms with Gasteiger partial charge in [0.25, 0.3) is 0 Å². The van der Waals surface area contributed by atoms with Crippen LogP contribution in [-0.4, -0.2) is 35.6 Å². The molecule has 0 amide bonds. The standard InChI is InChI=1S/C14H27NO2/c1-4-5-6-8-15-9-7-12(10-13(16)17)14(2,3)11-15/h12H,4-11H2,1-3H3,(H,16,17). The van der Waals surface area contributed by atoms with Crippen molar-refractivity contribution in [1.82, 2.24) is 4.90 Å². The molecule has 1 atom stereocenters. The highest BCUT2D eigenvalue weighted by atomic mass is 16.4. The van der Waals surface area contributed by atoms with Crippen molar-refractivity contribution in [3.8, 4) is 0 Å². The Morgan fingerprint density at radius 3 is 2.65 bits per heavy atom. The molecule has 100 valence electrons. The van der Waals surface area contributed by atoms with Gasteiger partial charge in [-0.05, 0) is 37.3 Å². The van der Waals surface area contributed by atoms with Gasteiger partial charge in [0.15, 0.2) is 0 Å². The van der Waals surface area contributed by atoms with E-state index in [0.717, 1.165) is 19.5 Å². The molecule has 1 unspecified atom stereocenters. The van der Waals surface area contributed by atoms with Crippen LogP contribution in [0, 0.1) is 11.3 Å². The largest absolute Gasteiger partial charge is 0.481 e. The van der Waals surface area contributed by atoms with Crippen LogP contribution < -0.4 is 0 Å². The summed E-state index contributed by atoms with van der Waals surface area (Å²) in [6, 6.07) is 0. The molecule has 3 heteroatoms. The van der Waals surface area contributed by atoms with Gasteiger partial charge in [0.2, 0.25) is 0 Å². The number of piperidine rings is 1. The molecule has 0 aromatic carbocycles. The van der Waals surface area contributed by atoms with Gasteiger partial charge in [0.1, 0.15) is 0 Å². The second-order valence-corrected chi connectivity index (χ2v) is 6.06. The Labute approximate surface area is 105 Å². The number of unbranched alkanes of at least 4 members (excludes halogenated alkanes) is 2. The number of likely N-dealkylation sites (tertiary alicyclic amines) is 1. The van der Waals surface area contributed by atoms with Crippen molar-refractivity contribution >= 4 is 5.97 Å². The Kier molecular flexibility index (Phi) is 5.44. The lowest BCUT2D eigenvalue weighted by Gasteiger charge is -2.44. The van der Waals surface area contributed by atoms with E-state index in [-0.39, 0.29) is 5.41 Å². The third-order valence-corrected chi connectivity index (χ3v) is 4.03. The van der Waals surface area contributed by atoms with E-state index in [9.17, 15) is 4.79 Å². The fraction of sp³-hybridized carbons (Fsp3) is 0.929. The van der Waals surface area contributed by atoms with E-state index in [1.807, 2.05) is 0 Å². The Morgan fingerprint density at radius 2 is 2.12 bits per heavy atom. The summed E-state index contributed by atoms with van der Waals surface area (Å²) in [6.07, 6.45) is 5.20. The molecular weight excluding hydrogens is 214 g/mol. The highest BCUT2D eigenvalue weighted by molar-refractivity contribution is 5.67. The molecule has 1 aliphatic heterocycles. The topological polar surface area (TPSA) is 40.5 Å². The highest BCUT2D eigenvalue weighted by Gasteiger charge is 2.36. The lowest BCUT2D eigenvalue weighted by Crippen LogP contribution is -2.46. The molecule has 0 bridgehead atoms. The minimum absolute atomic E-state index is 0.142. The van der Waals surface area contributed by atoms with Gasteiger partial charge in [-0.2, -0.15) is 0 Å². The van der Waals surface area contributed by atoms with Gasteiger partial charge < -0.3 is 10.0 Å². The van der Waals surface area contributed by atoms with E-state index in [1.54, 1.807) is 0 Å². The van der Waals surface area contributed by atoms with Crippen molar-refractivity contribution in [2.75, 3.05) is 19.6 Å². The number of carboxylic acids is 1. The van der Waals surface area contributed by atoms with Gasteiger partial charge in [-0.25, -0.2) is 0 Å². The van der Waals surface area contributed by atoms with Crippen molar-refractivity contribution in [3.63, 3.8) is 0 Å². The van der Waals surface area contributed by atoms with E-state index >= 15 is 0 Å². The van der Waals surface area contributed by atoms with Gasteiger partial charge in [-0.15, -0.1) is 0 Å². The van der Waals surface area contributed by atoms with Crippen molar-refractivity contribution < 1.29 is 9.90 Å². The molecule has 1 rings (SSSR count). The molecule has 0 aromatic rings. The van der Waals surface area contributed by atoms with Gasteiger partial charge in [-0.1, -0.05) is 33.6 Å². The second-order valence-electron chi connectivity index (χ2n) is 6.06. The molecule has 1 saturated heterocycles. The SMILES string of the molecule is CCCCCN1CCC(CC(=O)O)C(C)(C)C1. The maximum absolute atomic E-state index is 10.8. The van der Waals surface area contributed by atoms with E-state index in [0.29, 0.717) is 12.3 Å². The van der Waals surface area contributed by atoms with Crippen molar-refractivity contribution in [2.45, 2.75) is 52.9 Å². The van der Waals surface area contributed by atoms with Crippen LogP contribution in [0.3, 0.4) is 0 Å². The van der Waals surface area contributed by atoms with Crippen LogP contribution in [0.5, 0.6) is 0 Å². The van der Waals surface area contributed by atoms with Gasteiger partial charge in [0.05, 0.1) is 0 Å². The first-order chi connectivity index (χ1) is 7.95. The van der Waals surface area contributed by atoms with Crippen LogP contribution in [-0.2, 0) is 4.79 Å². The molecule has 0 radical (unpaired) electrons. The number of rotatable bonds is 6. The Hall–Kier alpha value is -0.570. The van der Waals surface area contributed by atoms with Crippen molar-refractivity contribution in [1.29, 1.82) is 0 Å². The quantitative estimate of drug-likeness (QED) is 0.727. The third-order valence-electron chi connectivity index (χ3n) is 4.03. The summed E-state index contributed by atoms with van der Waals surface area (Å²) in [5, 5.41) is 8.92. The molecule has 0 aromatic heterocycles. The first-order valence-electron chi connectivity index (χ1n) is 6.90. The maximum Gasteiger partial charge on any atom is 0.303 e. The summed E-state index contributed by atoms with van der Waals surface area (Å²) < 4.78 is 0. The van der Waals surface area contributed by atoms with Crippen molar-refractivity contribution in [2.24, 2.45) is 11.3 Å². The van der Waals surface area contributed by atoms with Crippen LogP contribution in [0.4, 0.5) is 0 Å². The minimum atomic E-state index is -0.650. The number of aliphatic carboxylic acids is 1. The zero-order valence-corrected chi connectivity index (χ0v) is 11.5. The monoisotopic (exact) mass is 241 g/mol. The summed E-state index contributed by atoms with van der Waals surface area (Å²) in [5.41, 5.74) is 0.142. The molecule has 3 nitrogen and oxygen atoms in total. The molecule has 0 aliphatic carbocycles. The fourth-order valence-electron chi connectivity index (χ4n) is 2.88. The Balaban J connectivity index is 2.41. The lowest BCUT2D eigenvalue weighted by atomic mass is 9.72. The predicted octanol–water partition coefficient (Wildman–Crippen LogP) is 3.00. The predicted molar refractivity (Wildman–Crippen MR) is 70.1 cm³/mol. The van der Waals surface area contributed by atoms with Crippen molar-refractivity contribution in [3.05, 3.63) is 0 Å². The average Bonchev–Trinajstić information content (AvgIpc) is 2.21. The fourth-order valence-corrected chi connectivity index (χ4v) is 2.88. The van der Waals surface area contributed by atoms with Crippen LogP contribution in [0.25, 0.3) is 0 Å². The summed E-state index contributed by atoms with van der Waals surface area (Å²) in [5.74, 6) is -0.315. The molecule has 1 N–H and O–H groups in total. The zero-order chi connectivity index (χ0) is 12.9. The first kappa shape index (κ1) is 14.5. The van der Waals surface area contributed by atoms with E-state index in [1.165, 1.54) is 25.8 Å². The average molecular weight is 241 g/mol. The summed E-state index contributed by atoms with van der Waals surface area (Å²) >= 11 is 0. The molecule has 17 heavy (non-hydrogen) atoms. The lowest BCUT2D eigenvalue weighted by molar-refractivity contribution is -0.140. The molecule has 0 saturated carbocycles. The number of carbonyl (C=O) groups is 1. The third kappa shape index (κ3) is 4.66. The van der Waals surface area contributed by atoms with E-state index in [4.69, 9.17) is 5.11 Å². The maximum atomic E-state index is 10.8. The number of carboxylic acid groups (broad SMARTS) is 1. The van der Waals surface area contributed by atoms with E-state index in [2.05, 4.69) is 25.7 Å². The van der Waals surface area contributed by atoms with Crippen LogP contribution in [0.1, 0.15) is 52.9 Å². The molecule has 0 spiro atoms. The molecular formula is C14H27NO2. The van der Waals surface area contributed by atoms with Crippen LogP contribution >= 0.6 is 0 Å².